The van der Waals surface area contributed by atoms with Crippen molar-refractivity contribution >= 4 is 34.0 Å². The van der Waals surface area contributed by atoms with Crippen molar-refractivity contribution in [3.63, 3.8) is 0 Å². The molecule has 176 valence electrons. The van der Waals surface area contributed by atoms with Gasteiger partial charge in [-0.15, -0.1) is 0 Å². The van der Waals surface area contributed by atoms with Gasteiger partial charge in [-0.25, -0.2) is 0 Å². The molecule has 0 atom stereocenters. The predicted molar refractivity (Wildman–Crippen MR) is 131 cm³/mol. The zero-order valence-corrected chi connectivity index (χ0v) is 19.7. The average Bonchev–Trinajstić information content (AvgIpc) is 3.19. The van der Waals surface area contributed by atoms with Crippen molar-refractivity contribution in [1.82, 2.24) is 0 Å². The number of carbonyl (C=O) groups is 3. The molecule has 1 saturated carbocycles. The Morgan fingerprint density at radius 1 is 0.941 bits per heavy atom. The summed E-state index contributed by atoms with van der Waals surface area (Å²) in [5.41, 5.74) is 3.72. The number of amides is 1. The number of hydrogen-bond donors (Lipinski definition) is 2. The largest absolute Gasteiger partial charge is 0.481 e. The second-order valence-corrected chi connectivity index (χ2v) is 9.82. The molecular formula is C27H26FNO4S. The van der Waals surface area contributed by atoms with Crippen LogP contribution in [0.2, 0.25) is 0 Å². The van der Waals surface area contributed by atoms with Gasteiger partial charge in [0.15, 0.2) is 10.9 Å². The van der Waals surface area contributed by atoms with Gasteiger partial charge in [0.2, 0.25) is 5.91 Å². The fourth-order valence-electron chi connectivity index (χ4n) is 4.43. The lowest BCUT2D eigenvalue weighted by Gasteiger charge is -2.25. The zero-order valence-electron chi connectivity index (χ0n) is 18.8. The second kappa shape index (κ2) is 10.3. The Labute approximate surface area is 201 Å². The van der Waals surface area contributed by atoms with E-state index in [4.69, 9.17) is 5.11 Å². The Kier molecular flexibility index (Phi) is 7.22. The minimum Gasteiger partial charge on any atom is -0.481 e. The molecule has 1 fully saturated rings. The average molecular weight is 480 g/mol. The van der Waals surface area contributed by atoms with Crippen LogP contribution in [0.4, 0.5) is 9.39 Å². The summed E-state index contributed by atoms with van der Waals surface area (Å²) in [6, 6.07) is 16.5. The number of thiophene rings is 1. The Morgan fingerprint density at radius 2 is 1.50 bits per heavy atom. The van der Waals surface area contributed by atoms with E-state index in [0.717, 1.165) is 35.3 Å². The van der Waals surface area contributed by atoms with Crippen molar-refractivity contribution < 1.29 is 23.9 Å². The predicted octanol–water partition coefficient (Wildman–Crippen LogP) is 6.64. The van der Waals surface area contributed by atoms with Crippen LogP contribution in [-0.4, -0.2) is 22.8 Å². The van der Waals surface area contributed by atoms with Crippen molar-refractivity contribution in [1.29, 1.82) is 0 Å². The molecule has 2 aromatic carbocycles. The van der Waals surface area contributed by atoms with E-state index in [1.165, 1.54) is 6.92 Å². The quantitative estimate of drug-likeness (QED) is 0.372. The number of hydrogen-bond acceptors (Lipinski definition) is 4. The van der Waals surface area contributed by atoms with Crippen LogP contribution < -0.4 is 5.32 Å². The lowest BCUT2D eigenvalue weighted by atomic mass is 9.80. The number of rotatable bonds is 7. The molecule has 1 aliphatic rings. The molecule has 2 N–H and O–H groups in total. The van der Waals surface area contributed by atoms with Gasteiger partial charge in [-0.1, -0.05) is 59.9 Å². The first kappa shape index (κ1) is 23.8. The number of aliphatic carboxylic acids is 1. The standard InChI is InChI=1S/C27H26FNO4S/c1-16(30)18-6-8-19(9-7-18)20-10-12-21(13-11-20)23-15-25(34-26(23)28)29-24(31)14-17-2-4-22(5-3-17)27(32)33/h6-13,15,17,22H,2-5,14H2,1H3,(H,29,31)(H,32,33). The van der Waals surface area contributed by atoms with Crippen molar-refractivity contribution in [2.24, 2.45) is 11.8 Å². The van der Waals surface area contributed by atoms with Gasteiger partial charge in [0.25, 0.3) is 0 Å². The lowest BCUT2D eigenvalue weighted by molar-refractivity contribution is -0.143. The van der Waals surface area contributed by atoms with E-state index < -0.39 is 5.97 Å². The third kappa shape index (κ3) is 5.59. The van der Waals surface area contributed by atoms with Crippen molar-refractivity contribution in [3.05, 3.63) is 65.3 Å². The van der Waals surface area contributed by atoms with E-state index in [9.17, 15) is 18.8 Å². The Hall–Kier alpha value is -3.32. The lowest BCUT2D eigenvalue weighted by Crippen LogP contribution is -2.24. The molecule has 0 saturated heterocycles. The number of carboxylic acid groups (broad SMARTS) is 1. The van der Waals surface area contributed by atoms with Crippen LogP contribution in [0.1, 0.15) is 49.4 Å². The van der Waals surface area contributed by atoms with Gasteiger partial charge >= 0.3 is 5.97 Å². The molecule has 0 bridgehead atoms. The SMILES string of the molecule is CC(=O)c1ccc(-c2ccc(-c3cc(NC(=O)CC4CCC(C(=O)O)CC4)sc3F)cc2)cc1. The van der Waals surface area contributed by atoms with Crippen LogP contribution >= 0.6 is 11.3 Å². The number of ketones is 1. The van der Waals surface area contributed by atoms with Gasteiger partial charge in [0, 0.05) is 17.5 Å². The molecule has 1 aromatic heterocycles. The van der Waals surface area contributed by atoms with Crippen molar-refractivity contribution in [3.8, 4) is 22.3 Å². The van der Waals surface area contributed by atoms with Gasteiger partial charge in [-0.05, 0) is 61.3 Å². The van der Waals surface area contributed by atoms with Crippen LogP contribution in [0.15, 0.2) is 54.6 Å². The summed E-state index contributed by atoms with van der Waals surface area (Å²) in [7, 11) is 0. The maximum atomic E-state index is 14.6. The van der Waals surface area contributed by atoms with Crippen LogP contribution in [0.5, 0.6) is 0 Å². The van der Waals surface area contributed by atoms with Crippen LogP contribution in [0.25, 0.3) is 22.3 Å². The molecule has 34 heavy (non-hydrogen) atoms. The highest BCUT2D eigenvalue weighted by Crippen LogP contribution is 2.35. The molecule has 1 heterocycles. The summed E-state index contributed by atoms with van der Waals surface area (Å²) in [6.45, 7) is 1.53. The van der Waals surface area contributed by atoms with E-state index in [1.54, 1.807) is 18.2 Å². The van der Waals surface area contributed by atoms with Gasteiger partial charge in [-0.2, -0.15) is 4.39 Å². The highest BCUT2D eigenvalue weighted by atomic mass is 32.1. The molecular weight excluding hydrogens is 453 g/mol. The van der Waals surface area contributed by atoms with Gasteiger partial charge < -0.3 is 10.4 Å². The second-order valence-electron chi connectivity index (χ2n) is 8.82. The molecule has 5 nitrogen and oxygen atoms in total. The monoisotopic (exact) mass is 479 g/mol. The number of carboxylic acids is 1. The summed E-state index contributed by atoms with van der Waals surface area (Å²) in [5, 5.41) is 12.0. The molecule has 1 aliphatic carbocycles. The number of Topliss-reactive ketones (excluding diaryl/α,β-unsaturated/α-hetero) is 1. The number of benzene rings is 2. The molecule has 0 aliphatic heterocycles. The molecule has 0 unspecified atom stereocenters. The van der Waals surface area contributed by atoms with Crippen LogP contribution in [-0.2, 0) is 9.59 Å². The van der Waals surface area contributed by atoms with E-state index in [2.05, 4.69) is 5.32 Å². The van der Waals surface area contributed by atoms with Gasteiger partial charge in [0.05, 0.1) is 10.9 Å². The molecule has 7 heteroatoms. The maximum absolute atomic E-state index is 14.6. The number of nitrogens with one attached hydrogen (secondary N) is 1. The summed E-state index contributed by atoms with van der Waals surface area (Å²) in [4.78, 5) is 35.0. The third-order valence-corrected chi connectivity index (χ3v) is 7.28. The van der Waals surface area contributed by atoms with Gasteiger partial charge in [-0.3, -0.25) is 14.4 Å². The van der Waals surface area contributed by atoms with Crippen LogP contribution in [0.3, 0.4) is 0 Å². The number of carbonyl (C=O) groups excluding carboxylic acids is 2. The summed E-state index contributed by atoms with van der Waals surface area (Å²) in [5.74, 6) is -1.06. The fraction of sp³-hybridized carbons (Fsp3) is 0.296. The minimum absolute atomic E-state index is 0.0169. The summed E-state index contributed by atoms with van der Waals surface area (Å²) in [6.07, 6.45) is 2.96. The Morgan fingerprint density at radius 3 is 2.06 bits per heavy atom. The van der Waals surface area contributed by atoms with E-state index in [0.29, 0.717) is 41.0 Å². The molecule has 1 amide bonds. The number of anilines is 1. The maximum Gasteiger partial charge on any atom is 0.306 e. The first-order chi connectivity index (χ1) is 16.3. The number of halogens is 1. The Bertz CT molecular complexity index is 1190. The molecule has 0 spiro atoms. The van der Waals surface area contributed by atoms with Crippen LogP contribution in [0, 0.1) is 17.0 Å². The highest BCUT2D eigenvalue weighted by Gasteiger charge is 2.27. The summed E-state index contributed by atoms with van der Waals surface area (Å²) < 4.78 is 14.6. The van der Waals surface area contributed by atoms with E-state index in [1.807, 2.05) is 36.4 Å². The van der Waals surface area contributed by atoms with E-state index in [-0.39, 0.29) is 28.7 Å². The minimum atomic E-state index is -0.761. The first-order valence-corrected chi connectivity index (χ1v) is 12.2. The normalized spacial score (nSPS) is 17.8. The zero-order chi connectivity index (χ0) is 24.2. The first-order valence-electron chi connectivity index (χ1n) is 11.3. The smallest absolute Gasteiger partial charge is 0.306 e. The van der Waals surface area contributed by atoms with Crippen molar-refractivity contribution in [2.45, 2.75) is 39.0 Å². The Balaban J connectivity index is 1.38. The molecule has 3 aromatic rings. The molecule has 0 radical (unpaired) electrons. The van der Waals surface area contributed by atoms with Crippen molar-refractivity contribution in [2.75, 3.05) is 5.32 Å². The fourth-order valence-corrected chi connectivity index (χ4v) is 5.25. The topological polar surface area (TPSA) is 83.5 Å². The van der Waals surface area contributed by atoms with Gasteiger partial charge in [0.1, 0.15) is 0 Å². The summed E-state index contributed by atoms with van der Waals surface area (Å²) >= 11 is 0.900. The third-order valence-electron chi connectivity index (χ3n) is 6.44. The highest BCUT2D eigenvalue weighted by molar-refractivity contribution is 7.15. The van der Waals surface area contributed by atoms with E-state index >= 15 is 0 Å². The molecule has 4 rings (SSSR count).